The first-order valence-corrected chi connectivity index (χ1v) is 8.70. The van der Waals surface area contributed by atoms with Crippen LogP contribution in [0.15, 0.2) is 70.7 Å². The molecule has 0 spiro atoms. The predicted octanol–water partition coefficient (Wildman–Crippen LogP) is 5.66. The van der Waals surface area contributed by atoms with E-state index in [2.05, 4.69) is 15.0 Å². The molecule has 0 atom stereocenters. The first-order chi connectivity index (χ1) is 13.2. The van der Waals surface area contributed by atoms with Crippen LogP contribution in [-0.2, 0) is 16.3 Å². The second-order valence-electron chi connectivity index (χ2n) is 5.39. The van der Waals surface area contributed by atoms with Gasteiger partial charge in [-0.05, 0) is 54.5 Å². The van der Waals surface area contributed by atoms with Crippen molar-refractivity contribution in [2.45, 2.75) is 24.7 Å². The minimum absolute atomic E-state index is 0.0867. The molecule has 1 aromatic rings. The minimum atomic E-state index is -4.72. The number of oxime groups is 2. The summed E-state index contributed by atoms with van der Waals surface area (Å²) in [7, 11) is 0. The first kappa shape index (κ1) is 21.8. The van der Waals surface area contributed by atoms with Crippen LogP contribution in [0, 0.1) is 0 Å². The molecule has 0 saturated heterocycles. The second kappa shape index (κ2) is 10.2. The Balaban J connectivity index is 1.87. The zero-order chi connectivity index (χ0) is 20.6. The summed E-state index contributed by atoms with van der Waals surface area (Å²) in [5.41, 5.74) is 2.56. The zero-order valence-corrected chi connectivity index (χ0v) is 16.0. The Kier molecular flexibility index (Phi) is 7.95. The van der Waals surface area contributed by atoms with Crippen LogP contribution in [0.5, 0.6) is 5.75 Å². The number of hydrogen-bond acceptors (Lipinski definition) is 5. The molecule has 150 valence electrons. The van der Waals surface area contributed by atoms with Gasteiger partial charge < -0.3 is 14.4 Å². The topological polar surface area (TPSA) is 52.4 Å². The predicted molar refractivity (Wildman–Crippen MR) is 101 cm³/mol. The molecule has 0 fully saturated rings. The lowest BCUT2D eigenvalue weighted by molar-refractivity contribution is -0.274. The van der Waals surface area contributed by atoms with E-state index < -0.39 is 11.2 Å². The van der Waals surface area contributed by atoms with Crippen molar-refractivity contribution in [1.29, 1.82) is 0 Å². The monoisotopic (exact) mass is 434 g/mol. The van der Waals surface area contributed by atoms with Crippen LogP contribution in [0.25, 0.3) is 0 Å². The molecule has 1 aromatic carbocycles. The number of hydrogen-bond donors (Lipinski definition) is 0. The van der Waals surface area contributed by atoms with Crippen molar-refractivity contribution in [1.82, 2.24) is 0 Å². The SMILES string of the molecule is CC1=CC(=NOCc2ccc(OC(F)(F)F)cc2)C=CC1=NOC=CC(Cl)Cl. The molecule has 0 N–H and O–H groups in total. The maximum absolute atomic E-state index is 12.1. The largest absolute Gasteiger partial charge is 0.573 e. The van der Waals surface area contributed by atoms with Crippen molar-refractivity contribution in [3.05, 3.63) is 66.0 Å². The number of halogens is 5. The molecule has 5 nitrogen and oxygen atoms in total. The van der Waals surface area contributed by atoms with E-state index >= 15 is 0 Å². The molecule has 0 bridgehead atoms. The molecule has 28 heavy (non-hydrogen) atoms. The molecule has 0 aliphatic heterocycles. The van der Waals surface area contributed by atoms with Crippen LogP contribution in [-0.4, -0.2) is 22.6 Å². The fourth-order valence-corrected chi connectivity index (χ4v) is 2.07. The Morgan fingerprint density at radius 1 is 1.11 bits per heavy atom. The van der Waals surface area contributed by atoms with Gasteiger partial charge in [0.1, 0.15) is 34.9 Å². The van der Waals surface area contributed by atoms with E-state index in [0.29, 0.717) is 17.0 Å². The standard InChI is InChI=1S/C18H15Cl2F3N2O3/c1-12-10-14(4-7-16(12)25-26-9-8-17(19)20)24-27-11-13-2-5-15(6-3-13)28-18(21,22)23/h2-10,17H,11H2,1H3. The lowest BCUT2D eigenvalue weighted by Gasteiger charge is -2.09. The normalized spacial score (nSPS) is 17.5. The summed E-state index contributed by atoms with van der Waals surface area (Å²) in [6.07, 6.45) is 3.07. The van der Waals surface area contributed by atoms with Crippen molar-refractivity contribution >= 4 is 34.6 Å². The lowest BCUT2D eigenvalue weighted by Crippen LogP contribution is -2.17. The summed E-state index contributed by atoms with van der Waals surface area (Å²) in [6.45, 7) is 1.90. The highest BCUT2D eigenvalue weighted by Crippen LogP contribution is 2.23. The van der Waals surface area contributed by atoms with Crippen molar-refractivity contribution in [3.8, 4) is 5.75 Å². The van der Waals surface area contributed by atoms with Gasteiger partial charge in [-0.25, -0.2) is 0 Å². The van der Waals surface area contributed by atoms with Crippen LogP contribution < -0.4 is 4.74 Å². The van der Waals surface area contributed by atoms with Crippen LogP contribution in [0.2, 0.25) is 0 Å². The van der Waals surface area contributed by atoms with Gasteiger partial charge >= 0.3 is 6.36 Å². The van der Waals surface area contributed by atoms with Crippen molar-refractivity contribution in [3.63, 3.8) is 0 Å². The maximum atomic E-state index is 12.1. The van der Waals surface area contributed by atoms with Gasteiger partial charge in [-0.3, -0.25) is 0 Å². The highest BCUT2D eigenvalue weighted by molar-refractivity contribution is 6.45. The summed E-state index contributed by atoms with van der Waals surface area (Å²) >= 11 is 11.0. The van der Waals surface area contributed by atoms with E-state index in [9.17, 15) is 13.2 Å². The fraction of sp³-hybridized carbons (Fsp3) is 0.222. The molecule has 1 aliphatic carbocycles. The Morgan fingerprint density at radius 3 is 2.43 bits per heavy atom. The second-order valence-corrected chi connectivity index (χ2v) is 6.55. The molecule has 0 amide bonds. The summed E-state index contributed by atoms with van der Waals surface area (Å²) < 4.78 is 40.2. The van der Waals surface area contributed by atoms with Crippen LogP contribution in [0.4, 0.5) is 13.2 Å². The summed E-state index contributed by atoms with van der Waals surface area (Å²) in [4.78, 5) is 9.51. The van der Waals surface area contributed by atoms with Gasteiger partial charge in [0.15, 0.2) is 0 Å². The van der Waals surface area contributed by atoms with Gasteiger partial charge in [-0.2, -0.15) is 0 Å². The molecule has 0 heterocycles. The minimum Gasteiger partial charge on any atom is -0.406 e. The molecule has 1 aliphatic rings. The number of rotatable bonds is 7. The maximum Gasteiger partial charge on any atom is 0.573 e. The van der Waals surface area contributed by atoms with Crippen molar-refractivity contribution in [2.75, 3.05) is 0 Å². The third-order valence-electron chi connectivity index (χ3n) is 3.17. The van der Waals surface area contributed by atoms with E-state index in [4.69, 9.17) is 32.9 Å². The molecule has 0 radical (unpaired) electrons. The van der Waals surface area contributed by atoms with Crippen LogP contribution >= 0.6 is 23.2 Å². The quantitative estimate of drug-likeness (QED) is 0.240. The number of alkyl halides is 5. The summed E-state index contributed by atoms with van der Waals surface area (Å²) in [6, 6.07) is 5.33. The van der Waals surface area contributed by atoms with E-state index in [-0.39, 0.29) is 12.4 Å². The van der Waals surface area contributed by atoms with E-state index in [1.165, 1.54) is 36.6 Å². The van der Waals surface area contributed by atoms with Crippen molar-refractivity contribution < 1.29 is 27.6 Å². The first-order valence-electron chi connectivity index (χ1n) is 7.83. The number of benzene rings is 1. The summed E-state index contributed by atoms with van der Waals surface area (Å²) in [5, 5.41) is 7.86. The Labute approximate surface area is 169 Å². The van der Waals surface area contributed by atoms with E-state index in [1.807, 2.05) is 6.92 Å². The molecule has 2 rings (SSSR count). The molecule has 0 saturated carbocycles. The Hall–Kier alpha value is -2.45. The van der Waals surface area contributed by atoms with Crippen molar-refractivity contribution in [2.24, 2.45) is 10.3 Å². The fourth-order valence-electron chi connectivity index (χ4n) is 1.95. The van der Waals surface area contributed by atoms with E-state index in [1.54, 1.807) is 18.2 Å². The molecule has 10 heteroatoms. The van der Waals surface area contributed by atoms with Gasteiger partial charge in [0, 0.05) is 0 Å². The average Bonchev–Trinajstić information content (AvgIpc) is 2.60. The molecular weight excluding hydrogens is 420 g/mol. The highest BCUT2D eigenvalue weighted by Gasteiger charge is 2.30. The van der Waals surface area contributed by atoms with Gasteiger partial charge in [0.05, 0.1) is 0 Å². The molecule has 0 unspecified atom stereocenters. The number of ether oxygens (including phenoxy) is 1. The molecule has 0 aromatic heterocycles. The summed E-state index contributed by atoms with van der Waals surface area (Å²) in [5.74, 6) is -0.298. The van der Waals surface area contributed by atoms with Gasteiger partial charge in [0.2, 0.25) is 0 Å². The van der Waals surface area contributed by atoms with E-state index in [0.717, 1.165) is 5.57 Å². The third-order valence-corrected chi connectivity index (χ3v) is 3.47. The Morgan fingerprint density at radius 2 is 1.82 bits per heavy atom. The average molecular weight is 435 g/mol. The number of allylic oxidation sites excluding steroid dienone is 5. The van der Waals surface area contributed by atoms with Gasteiger partial charge in [-0.1, -0.05) is 22.4 Å². The molecular formula is C18H15Cl2F3N2O3. The zero-order valence-electron chi connectivity index (χ0n) is 14.5. The third kappa shape index (κ3) is 8.06. The smallest absolute Gasteiger partial charge is 0.406 e. The highest BCUT2D eigenvalue weighted by atomic mass is 35.5. The van der Waals surface area contributed by atoms with Gasteiger partial charge in [0.25, 0.3) is 0 Å². The Bertz CT molecular complexity index is 814. The van der Waals surface area contributed by atoms with Gasteiger partial charge in [-0.15, -0.1) is 36.4 Å². The number of nitrogens with zero attached hydrogens (tertiary/aromatic N) is 2. The van der Waals surface area contributed by atoms with Crippen LogP contribution in [0.1, 0.15) is 12.5 Å². The van der Waals surface area contributed by atoms with Crippen LogP contribution in [0.3, 0.4) is 0 Å². The lowest BCUT2D eigenvalue weighted by atomic mass is 10.0.